The Labute approximate surface area is 109 Å². The molecule has 1 N–H and O–H groups in total. The molecule has 1 heterocycles. The molecule has 3 atom stereocenters. The molecular formula is C14H22N2S. The van der Waals surface area contributed by atoms with Gasteiger partial charge in [-0.15, -0.1) is 0 Å². The molecule has 1 aliphatic carbocycles. The summed E-state index contributed by atoms with van der Waals surface area (Å²) < 4.78 is 0. The van der Waals surface area contributed by atoms with Crippen molar-refractivity contribution in [2.45, 2.75) is 50.4 Å². The minimum absolute atomic E-state index is 0.367. The second-order valence-electron chi connectivity index (χ2n) is 4.73. The average Bonchev–Trinajstić information content (AvgIpc) is 2.78. The molecule has 0 amide bonds. The molecule has 94 valence electrons. The van der Waals surface area contributed by atoms with E-state index in [9.17, 15) is 0 Å². The average molecular weight is 250 g/mol. The van der Waals surface area contributed by atoms with E-state index in [1.54, 1.807) is 0 Å². The Morgan fingerprint density at radius 3 is 3.06 bits per heavy atom. The van der Waals surface area contributed by atoms with Gasteiger partial charge < -0.3 is 5.32 Å². The SMILES string of the molecule is CCSC1CCC(NC(C)c2ccccn2)C1. The molecule has 0 radical (unpaired) electrons. The lowest BCUT2D eigenvalue weighted by atomic mass is 10.1. The van der Waals surface area contributed by atoms with E-state index in [-0.39, 0.29) is 0 Å². The van der Waals surface area contributed by atoms with Crippen LogP contribution in [0.25, 0.3) is 0 Å². The highest BCUT2D eigenvalue weighted by Crippen LogP contribution is 2.30. The standard InChI is InChI=1S/C14H22N2S/c1-3-17-13-8-7-12(10-13)16-11(2)14-6-4-5-9-15-14/h4-6,9,11-13,16H,3,7-8,10H2,1-2H3. The van der Waals surface area contributed by atoms with Crippen LogP contribution in [-0.2, 0) is 0 Å². The molecule has 1 fully saturated rings. The van der Waals surface area contributed by atoms with E-state index >= 15 is 0 Å². The van der Waals surface area contributed by atoms with Gasteiger partial charge in [0.25, 0.3) is 0 Å². The summed E-state index contributed by atoms with van der Waals surface area (Å²) in [5.41, 5.74) is 1.15. The molecule has 1 aromatic heterocycles. The Bertz CT molecular complexity index is 328. The number of pyridine rings is 1. The van der Waals surface area contributed by atoms with Crippen LogP contribution in [-0.4, -0.2) is 22.0 Å². The number of thioether (sulfide) groups is 1. The summed E-state index contributed by atoms with van der Waals surface area (Å²) in [6.45, 7) is 4.46. The number of aromatic nitrogens is 1. The largest absolute Gasteiger partial charge is 0.306 e. The molecule has 3 unspecified atom stereocenters. The topological polar surface area (TPSA) is 24.9 Å². The fraction of sp³-hybridized carbons (Fsp3) is 0.643. The molecule has 17 heavy (non-hydrogen) atoms. The molecule has 3 heteroatoms. The third-order valence-electron chi connectivity index (χ3n) is 3.40. The predicted octanol–water partition coefficient (Wildman–Crippen LogP) is 3.41. The van der Waals surface area contributed by atoms with E-state index in [0.717, 1.165) is 10.9 Å². The Morgan fingerprint density at radius 1 is 1.47 bits per heavy atom. The fourth-order valence-corrected chi connectivity index (χ4v) is 3.69. The summed E-state index contributed by atoms with van der Waals surface area (Å²) in [4.78, 5) is 4.41. The summed E-state index contributed by atoms with van der Waals surface area (Å²) in [5.74, 6) is 1.24. The van der Waals surface area contributed by atoms with E-state index in [1.807, 2.05) is 12.3 Å². The van der Waals surface area contributed by atoms with E-state index < -0.39 is 0 Å². The van der Waals surface area contributed by atoms with Crippen LogP contribution in [0, 0.1) is 0 Å². The molecule has 0 saturated heterocycles. The lowest BCUT2D eigenvalue weighted by molar-refractivity contribution is 0.455. The van der Waals surface area contributed by atoms with Crippen molar-refractivity contribution in [2.75, 3.05) is 5.75 Å². The lowest BCUT2D eigenvalue weighted by Gasteiger charge is -2.19. The van der Waals surface area contributed by atoms with Crippen LogP contribution in [0.15, 0.2) is 24.4 Å². The number of hydrogen-bond acceptors (Lipinski definition) is 3. The summed E-state index contributed by atoms with van der Waals surface area (Å²) in [7, 11) is 0. The van der Waals surface area contributed by atoms with Gasteiger partial charge in [-0.1, -0.05) is 13.0 Å². The van der Waals surface area contributed by atoms with Crippen LogP contribution in [0.4, 0.5) is 0 Å². The second-order valence-corrected chi connectivity index (χ2v) is 6.31. The van der Waals surface area contributed by atoms with Gasteiger partial charge in [-0.25, -0.2) is 0 Å². The van der Waals surface area contributed by atoms with Crippen molar-refractivity contribution in [2.24, 2.45) is 0 Å². The smallest absolute Gasteiger partial charge is 0.0570 e. The van der Waals surface area contributed by atoms with Crippen LogP contribution in [0.1, 0.15) is 44.8 Å². The van der Waals surface area contributed by atoms with E-state index in [1.165, 1.54) is 25.0 Å². The molecule has 2 rings (SSSR count). The Balaban J connectivity index is 1.82. The van der Waals surface area contributed by atoms with Crippen molar-refractivity contribution in [3.05, 3.63) is 30.1 Å². The molecule has 0 spiro atoms. The number of nitrogens with zero attached hydrogens (tertiary/aromatic N) is 1. The summed E-state index contributed by atoms with van der Waals surface area (Å²) in [6.07, 6.45) is 5.87. The quantitative estimate of drug-likeness (QED) is 0.867. The zero-order valence-electron chi connectivity index (χ0n) is 10.7. The predicted molar refractivity (Wildman–Crippen MR) is 75.3 cm³/mol. The van der Waals surface area contributed by atoms with Crippen LogP contribution >= 0.6 is 11.8 Å². The Morgan fingerprint density at radius 2 is 2.35 bits per heavy atom. The highest BCUT2D eigenvalue weighted by molar-refractivity contribution is 7.99. The Kier molecular flexibility index (Phi) is 4.86. The maximum Gasteiger partial charge on any atom is 0.0570 e. The molecule has 0 bridgehead atoms. The highest BCUT2D eigenvalue weighted by Gasteiger charge is 2.25. The van der Waals surface area contributed by atoms with E-state index in [0.29, 0.717) is 12.1 Å². The van der Waals surface area contributed by atoms with Crippen molar-refractivity contribution in [3.8, 4) is 0 Å². The first-order valence-corrected chi connectivity index (χ1v) is 7.63. The minimum atomic E-state index is 0.367. The molecule has 2 nitrogen and oxygen atoms in total. The molecular weight excluding hydrogens is 228 g/mol. The van der Waals surface area contributed by atoms with Crippen LogP contribution in [0.5, 0.6) is 0 Å². The van der Waals surface area contributed by atoms with Crippen molar-refractivity contribution in [1.82, 2.24) is 10.3 Å². The number of nitrogens with one attached hydrogen (secondary N) is 1. The van der Waals surface area contributed by atoms with Gasteiger partial charge in [0.1, 0.15) is 0 Å². The van der Waals surface area contributed by atoms with Gasteiger partial charge in [0.05, 0.1) is 5.69 Å². The van der Waals surface area contributed by atoms with Gasteiger partial charge in [0, 0.05) is 23.5 Å². The van der Waals surface area contributed by atoms with Crippen molar-refractivity contribution in [1.29, 1.82) is 0 Å². The maximum absolute atomic E-state index is 4.41. The molecule has 1 aliphatic rings. The summed E-state index contributed by atoms with van der Waals surface area (Å²) in [6, 6.07) is 7.18. The maximum atomic E-state index is 4.41. The zero-order valence-corrected chi connectivity index (χ0v) is 11.5. The van der Waals surface area contributed by atoms with Gasteiger partial charge in [-0.3, -0.25) is 4.98 Å². The summed E-state index contributed by atoms with van der Waals surface area (Å²) in [5, 5.41) is 4.58. The molecule has 0 aromatic carbocycles. The molecule has 0 aliphatic heterocycles. The van der Waals surface area contributed by atoms with Crippen LogP contribution < -0.4 is 5.32 Å². The molecule has 1 saturated carbocycles. The van der Waals surface area contributed by atoms with Gasteiger partial charge in [0.2, 0.25) is 0 Å². The first-order valence-electron chi connectivity index (χ1n) is 6.58. The first-order chi connectivity index (χ1) is 8.29. The first kappa shape index (κ1) is 12.9. The van der Waals surface area contributed by atoms with Crippen molar-refractivity contribution >= 4 is 11.8 Å². The third-order valence-corrected chi connectivity index (χ3v) is 4.64. The zero-order chi connectivity index (χ0) is 12.1. The fourth-order valence-electron chi connectivity index (χ4n) is 2.55. The van der Waals surface area contributed by atoms with Crippen molar-refractivity contribution < 1.29 is 0 Å². The van der Waals surface area contributed by atoms with E-state index in [4.69, 9.17) is 0 Å². The summed E-state index contributed by atoms with van der Waals surface area (Å²) >= 11 is 2.11. The number of hydrogen-bond donors (Lipinski definition) is 1. The van der Waals surface area contributed by atoms with Crippen LogP contribution in [0.3, 0.4) is 0 Å². The lowest BCUT2D eigenvalue weighted by Crippen LogP contribution is -2.30. The van der Waals surface area contributed by atoms with Gasteiger partial charge >= 0.3 is 0 Å². The minimum Gasteiger partial charge on any atom is -0.306 e. The van der Waals surface area contributed by atoms with Gasteiger partial charge in [-0.2, -0.15) is 11.8 Å². The van der Waals surface area contributed by atoms with E-state index in [2.05, 4.69) is 48.0 Å². The second kappa shape index (κ2) is 6.41. The third kappa shape index (κ3) is 3.71. The normalized spacial score (nSPS) is 26.0. The van der Waals surface area contributed by atoms with Gasteiger partial charge in [0.15, 0.2) is 0 Å². The van der Waals surface area contributed by atoms with Crippen molar-refractivity contribution in [3.63, 3.8) is 0 Å². The number of rotatable bonds is 5. The molecule has 1 aromatic rings. The Hall–Kier alpha value is -0.540. The van der Waals surface area contributed by atoms with Crippen LogP contribution in [0.2, 0.25) is 0 Å². The van der Waals surface area contributed by atoms with Gasteiger partial charge in [-0.05, 0) is 44.1 Å². The monoisotopic (exact) mass is 250 g/mol. The highest BCUT2D eigenvalue weighted by atomic mass is 32.2.